The van der Waals surface area contributed by atoms with Crippen molar-refractivity contribution in [3.8, 4) is 11.5 Å². The number of rotatable bonds is 14. The Morgan fingerprint density at radius 1 is 0.457 bits per heavy atom. The Balaban J connectivity index is 1.00. The molecule has 0 spiro atoms. The Morgan fingerprint density at radius 2 is 0.829 bits per heavy atom. The Bertz CT molecular complexity index is 1130. The number of fused-ring (bicyclic) bond motifs is 2. The standard InChI is InChI=1S/C29H32O2S4/c30-28-18-24-8-3-1-6-22(24)16-26(28)20-34-14-12-32-10-5-11-33-13-15-35-21-27-17-23-7-2-4-9-25(23)19-29(27)31/h1-4,6-9,16-19,30-31H,5,10-15,20-21H2. The lowest BCUT2D eigenvalue weighted by Gasteiger charge is -2.08. The van der Waals surface area contributed by atoms with E-state index in [1.807, 2.05) is 95.6 Å². The maximum atomic E-state index is 10.3. The van der Waals surface area contributed by atoms with E-state index >= 15 is 0 Å². The fourth-order valence-corrected chi connectivity index (χ4v) is 8.21. The zero-order valence-corrected chi connectivity index (χ0v) is 23.1. The number of phenols is 2. The summed E-state index contributed by atoms with van der Waals surface area (Å²) in [5, 5.41) is 25.1. The number of hydrogen-bond donors (Lipinski definition) is 2. The van der Waals surface area contributed by atoms with Crippen molar-refractivity contribution in [2.75, 3.05) is 34.5 Å². The van der Waals surface area contributed by atoms with Crippen LogP contribution in [0.15, 0.2) is 72.8 Å². The van der Waals surface area contributed by atoms with Crippen LogP contribution in [0.2, 0.25) is 0 Å². The SMILES string of the molecule is Oc1cc2ccccc2cc1CSCCSCCCSCCSCc1cc2ccccc2cc1O. The van der Waals surface area contributed by atoms with Crippen LogP contribution in [0.5, 0.6) is 11.5 Å². The van der Waals surface area contributed by atoms with Gasteiger partial charge in [-0.15, -0.1) is 0 Å². The van der Waals surface area contributed by atoms with Gasteiger partial charge in [-0.3, -0.25) is 0 Å². The smallest absolute Gasteiger partial charge is 0.120 e. The Labute approximate surface area is 225 Å². The number of phenolic OH excluding ortho intramolecular Hbond substituents is 2. The second kappa shape index (κ2) is 14.2. The fourth-order valence-electron chi connectivity index (χ4n) is 3.85. The van der Waals surface area contributed by atoms with Gasteiger partial charge in [0.25, 0.3) is 0 Å². The minimum atomic E-state index is 0.410. The summed E-state index contributed by atoms with van der Waals surface area (Å²) in [6, 6.07) is 24.4. The molecule has 0 aromatic heterocycles. The first-order valence-corrected chi connectivity index (χ1v) is 16.5. The molecule has 4 aromatic carbocycles. The van der Waals surface area contributed by atoms with Crippen molar-refractivity contribution in [2.24, 2.45) is 0 Å². The molecule has 2 N–H and O–H groups in total. The first-order chi connectivity index (χ1) is 17.2. The Kier molecular flexibility index (Phi) is 10.8. The number of aromatic hydroxyl groups is 2. The molecule has 6 heteroatoms. The molecular formula is C29H32O2S4. The van der Waals surface area contributed by atoms with E-state index < -0.39 is 0 Å². The van der Waals surface area contributed by atoms with Crippen LogP contribution in [0.3, 0.4) is 0 Å². The highest BCUT2D eigenvalue weighted by atomic mass is 32.2. The van der Waals surface area contributed by atoms with Crippen LogP contribution in [-0.2, 0) is 11.5 Å². The number of thioether (sulfide) groups is 4. The third-order valence-corrected chi connectivity index (χ3v) is 10.4. The van der Waals surface area contributed by atoms with Gasteiger partial charge in [-0.05, 0) is 63.7 Å². The van der Waals surface area contributed by atoms with E-state index in [0.717, 1.165) is 56.4 Å². The third kappa shape index (κ3) is 8.21. The molecule has 0 bridgehead atoms. The molecule has 2 nitrogen and oxygen atoms in total. The summed E-state index contributed by atoms with van der Waals surface area (Å²) in [5.74, 6) is 9.53. The summed E-state index contributed by atoms with van der Waals surface area (Å²) in [6.45, 7) is 0. The second-order valence-electron chi connectivity index (χ2n) is 8.34. The summed E-state index contributed by atoms with van der Waals surface area (Å²) in [7, 11) is 0. The highest BCUT2D eigenvalue weighted by Gasteiger charge is 2.05. The van der Waals surface area contributed by atoms with Gasteiger partial charge < -0.3 is 10.2 Å². The van der Waals surface area contributed by atoms with Crippen LogP contribution in [0, 0.1) is 0 Å². The van der Waals surface area contributed by atoms with E-state index in [9.17, 15) is 10.2 Å². The van der Waals surface area contributed by atoms with E-state index in [1.54, 1.807) is 0 Å². The average molecular weight is 541 g/mol. The average Bonchev–Trinajstić information content (AvgIpc) is 2.87. The molecule has 0 radical (unpaired) electrons. The molecule has 4 rings (SSSR count). The van der Waals surface area contributed by atoms with E-state index in [1.165, 1.54) is 28.7 Å². The highest BCUT2D eigenvalue weighted by molar-refractivity contribution is 8.03. The van der Waals surface area contributed by atoms with Crippen LogP contribution in [0.1, 0.15) is 17.5 Å². The lowest BCUT2D eigenvalue weighted by atomic mass is 10.1. The summed E-state index contributed by atoms with van der Waals surface area (Å²) in [5.41, 5.74) is 2.06. The van der Waals surface area contributed by atoms with Crippen LogP contribution in [0.4, 0.5) is 0 Å². The molecule has 0 unspecified atom stereocenters. The molecule has 184 valence electrons. The predicted molar refractivity (Wildman–Crippen MR) is 163 cm³/mol. The molecule has 4 aromatic rings. The predicted octanol–water partition coefficient (Wildman–Crippen LogP) is 8.43. The topological polar surface area (TPSA) is 40.5 Å². The maximum Gasteiger partial charge on any atom is 0.120 e. The van der Waals surface area contributed by atoms with Gasteiger partial charge in [-0.25, -0.2) is 0 Å². The molecule has 0 saturated heterocycles. The van der Waals surface area contributed by atoms with Gasteiger partial charge in [0.15, 0.2) is 0 Å². The molecule has 0 saturated carbocycles. The van der Waals surface area contributed by atoms with Crippen molar-refractivity contribution in [1.82, 2.24) is 0 Å². The summed E-state index contributed by atoms with van der Waals surface area (Å²) in [6.07, 6.45) is 1.25. The molecule has 0 aliphatic heterocycles. The van der Waals surface area contributed by atoms with E-state index in [0.29, 0.717) is 11.5 Å². The van der Waals surface area contributed by atoms with Gasteiger partial charge in [-0.1, -0.05) is 48.5 Å². The lowest BCUT2D eigenvalue weighted by molar-refractivity contribution is 0.471. The maximum absolute atomic E-state index is 10.3. The molecule has 35 heavy (non-hydrogen) atoms. The molecule has 0 amide bonds. The molecule has 0 fully saturated rings. The molecule has 0 aliphatic rings. The van der Waals surface area contributed by atoms with Crippen molar-refractivity contribution < 1.29 is 10.2 Å². The Morgan fingerprint density at radius 3 is 1.26 bits per heavy atom. The summed E-state index contributed by atoms with van der Waals surface area (Å²) in [4.78, 5) is 0. The van der Waals surface area contributed by atoms with Gasteiger partial charge in [-0.2, -0.15) is 47.0 Å². The minimum absolute atomic E-state index is 0.410. The largest absolute Gasteiger partial charge is 0.508 e. The van der Waals surface area contributed by atoms with Crippen LogP contribution >= 0.6 is 47.0 Å². The summed E-state index contributed by atoms with van der Waals surface area (Å²) < 4.78 is 0. The van der Waals surface area contributed by atoms with Gasteiger partial charge in [0, 0.05) is 45.6 Å². The van der Waals surface area contributed by atoms with Crippen molar-refractivity contribution in [1.29, 1.82) is 0 Å². The number of benzene rings is 4. The van der Waals surface area contributed by atoms with Crippen LogP contribution in [0.25, 0.3) is 21.5 Å². The zero-order valence-electron chi connectivity index (χ0n) is 19.8. The van der Waals surface area contributed by atoms with Crippen molar-refractivity contribution in [2.45, 2.75) is 17.9 Å². The highest BCUT2D eigenvalue weighted by Crippen LogP contribution is 2.29. The van der Waals surface area contributed by atoms with E-state index in [-0.39, 0.29) is 0 Å². The van der Waals surface area contributed by atoms with Crippen LogP contribution in [-0.4, -0.2) is 44.7 Å². The van der Waals surface area contributed by atoms with Crippen molar-refractivity contribution >= 4 is 68.6 Å². The zero-order chi connectivity index (χ0) is 24.3. The van der Waals surface area contributed by atoms with Crippen LogP contribution < -0.4 is 0 Å². The minimum Gasteiger partial charge on any atom is -0.508 e. The van der Waals surface area contributed by atoms with Gasteiger partial charge in [0.05, 0.1) is 0 Å². The van der Waals surface area contributed by atoms with Crippen molar-refractivity contribution in [3.05, 3.63) is 83.9 Å². The van der Waals surface area contributed by atoms with Gasteiger partial charge in [0.2, 0.25) is 0 Å². The van der Waals surface area contributed by atoms with E-state index in [4.69, 9.17) is 0 Å². The number of hydrogen-bond acceptors (Lipinski definition) is 6. The molecule has 0 aliphatic carbocycles. The summed E-state index contributed by atoms with van der Waals surface area (Å²) >= 11 is 7.87. The van der Waals surface area contributed by atoms with Gasteiger partial charge >= 0.3 is 0 Å². The molecular weight excluding hydrogens is 509 g/mol. The molecule has 0 atom stereocenters. The van der Waals surface area contributed by atoms with Gasteiger partial charge in [0.1, 0.15) is 11.5 Å². The quantitative estimate of drug-likeness (QED) is 0.156. The van der Waals surface area contributed by atoms with E-state index in [2.05, 4.69) is 24.3 Å². The third-order valence-electron chi connectivity index (χ3n) is 5.73. The Hall–Kier alpha value is -1.60. The normalized spacial score (nSPS) is 11.4. The van der Waals surface area contributed by atoms with Crippen molar-refractivity contribution in [3.63, 3.8) is 0 Å². The molecule has 0 heterocycles. The first kappa shape index (κ1) is 26.5. The first-order valence-electron chi connectivity index (χ1n) is 11.9. The fraction of sp³-hybridized carbons (Fsp3) is 0.310. The lowest BCUT2D eigenvalue weighted by Crippen LogP contribution is -1.93. The second-order valence-corrected chi connectivity index (χ2v) is 13.0. The monoisotopic (exact) mass is 540 g/mol.